The number of rotatable bonds is 8. The van der Waals surface area contributed by atoms with Crippen molar-refractivity contribution in [1.82, 2.24) is 10.1 Å². The first kappa shape index (κ1) is 20.0. The topological polar surface area (TPSA) is 151 Å². The van der Waals surface area contributed by atoms with E-state index in [0.29, 0.717) is 5.76 Å². The molecular weight excluding hydrogens is 408 g/mol. The average molecular weight is 421 g/mol. The Hall–Kier alpha value is -3.73. The van der Waals surface area contributed by atoms with Gasteiger partial charge in [0.25, 0.3) is 11.6 Å². The van der Waals surface area contributed by atoms with E-state index in [1.165, 1.54) is 18.4 Å². The molecular formula is C17H13ClN4O7. The molecule has 0 spiro atoms. The third-order valence-electron chi connectivity index (χ3n) is 3.55. The first-order valence-corrected chi connectivity index (χ1v) is 8.56. The second kappa shape index (κ2) is 8.97. The van der Waals surface area contributed by atoms with Gasteiger partial charge in [-0.15, -0.1) is 0 Å². The van der Waals surface area contributed by atoms with Crippen LogP contribution in [0.15, 0.2) is 45.5 Å². The molecule has 0 saturated heterocycles. The highest BCUT2D eigenvalue weighted by molar-refractivity contribution is 6.34. The number of benzene rings is 1. The number of furan rings is 1. The number of aromatic nitrogens is 2. The van der Waals surface area contributed by atoms with Crippen molar-refractivity contribution in [2.75, 3.05) is 11.9 Å². The smallest absolute Gasteiger partial charge is 0.306 e. The molecule has 3 aromatic rings. The lowest BCUT2D eigenvalue weighted by Crippen LogP contribution is -2.21. The minimum Gasteiger partial charge on any atom is -0.461 e. The molecule has 3 rings (SSSR count). The van der Waals surface area contributed by atoms with Crippen molar-refractivity contribution in [3.63, 3.8) is 0 Å². The predicted molar refractivity (Wildman–Crippen MR) is 98.0 cm³/mol. The molecule has 0 bridgehead atoms. The quantitative estimate of drug-likeness (QED) is 0.329. The van der Waals surface area contributed by atoms with Crippen molar-refractivity contribution < 1.29 is 28.2 Å². The third-order valence-corrected chi connectivity index (χ3v) is 3.87. The van der Waals surface area contributed by atoms with Gasteiger partial charge in [-0.3, -0.25) is 19.7 Å². The number of anilines is 1. The molecule has 1 aromatic carbocycles. The lowest BCUT2D eigenvalue weighted by atomic mass is 10.3. The van der Waals surface area contributed by atoms with E-state index in [-0.39, 0.29) is 41.0 Å². The zero-order chi connectivity index (χ0) is 20.8. The average Bonchev–Trinajstić information content (AvgIpc) is 3.37. The van der Waals surface area contributed by atoms with Crippen molar-refractivity contribution in [3.8, 4) is 11.6 Å². The Morgan fingerprint density at radius 2 is 2.14 bits per heavy atom. The molecule has 11 nitrogen and oxygen atoms in total. The van der Waals surface area contributed by atoms with Crippen LogP contribution in [0.1, 0.15) is 12.3 Å². The largest absolute Gasteiger partial charge is 0.461 e. The van der Waals surface area contributed by atoms with Gasteiger partial charge in [-0.05, 0) is 18.2 Å². The van der Waals surface area contributed by atoms with Gasteiger partial charge in [0.2, 0.25) is 11.7 Å². The summed E-state index contributed by atoms with van der Waals surface area (Å²) in [7, 11) is 0. The van der Waals surface area contributed by atoms with Crippen molar-refractivity contribution in [1.29, 1.82) is 0 Å². The number of nitro groups is 1. The Morgan fingerprint density at radius 1 is 1.31 bits per heavy atom. The number of ether oxygens (including phenoxy) is 1. The Bertz CT molecular complexity index is 1030. The van der Waals surface area contributed by atoms with Crippen LogP contribution < -0.4 is 5.32 Å². The summed E-state index contributed by atoms with van der Waals surface area (Å²) < 4.78 is 15.0. The summed E-state index contributed by atoms with van der Waals surface area (Å²) in [4.78, 5) is 37.8. The van der Waals surface area contributed by atoms with Crippen LogP contribution >= 0.6 is 11.6 Å². The molecule has 0 atom stereocenters. The monoisotopic (exact) mass is 420 g/mol. The molecule has 0 saturated carbocycles. The van der Waals surface area contributed by atoms with Gasteiger partial charge in [-0.2, -0.15) is 4.98 Å². The Balaban J connectivity index is 1.43. The summed E-state index contributed by atoms with van der Waals surface area (Å²) in [5.74, 6) is -0.378. The van der Waals surface area contributed by atoms with E-state index in [4.69, 9.17) is 25.3 Å². The fourth-order valence-corrected chi connectivity index (χ4v) is 2.42. The lowest BCUT2D eigenvalue weighted by molar-refractivity contribution is -0.384. The number of hydrogen-bond donors (Lipinski definition) is 1. The number of non-ortho nitro benzene ring substituents is 1. The minimum atomic E-state index is -0.646. The van der Waals surface area contributed by atoms with Crippen LogP contribution in [-0.2, 0) is 20.7 Å². The highest BCUT2D eigenvalue weighted by atomic mass is 35.5. The van der Waals surface area contributed by atoms with Crippen LogP contribution in [0, 0.1) is 10.1 Å². The minimum absolute atomic E-state index is 0.0115. The molecule has 0 aliphatic rings. The molecule has 29 heavy (non-hydrogen) atoms. The van der Waals surface area contributed by atoms with Crippen LogP contribution in [0.3, 0.4) is 0 Å². The molecule has 1 N–H and O–H groups in total. The van der Waals surface area contributed by atoms with E-state index in [2.05, 4.69) is 15.5 Å². The normalized spacial score (nSPS) is 10.5. The summed E-state index contributed by atoms with van der Waals surface area (Å²) in [6, 6.07) is 6.92. The van der Waals surface area contributed by atoms with Gasteiger partial charge in [0, 0.05) is 18.6 Å². The second-order valence-corrected chi connectivity index (χ2v) is 6.03. The maximum atomic E-state index is 11.9. The zero-order valence-corrected chi connectivity index (χ0v) is 15.4. The van der Waals surface area contributed by atoms with Crippen LogP contribution in [0.5, 0.6) is 0 Å². The first-order chi connectivity index (χ1) is 13.9. The molecule has 12 heteroatoms. The van der Waals surface area contributed by atoms with Crippen molar-refractivity contribution in [2.45, 2.75) is 12.8 Å². The Labute approximate surface area is 167 Å². The standard InChI is InChI=1S/C17H13ClN4O7/c18-11-8-10(22(25)26)3-4-12(11)19-14(23)9-28-16(24)6-5-15-20-17(21-29-15)13-2-1-7-27-13/h1-4,7-8H,5-6,9H2,(H,19,23). The van der Waals surface area contributed by atoms with Gasteiger partial charge in [0.05, 0.1) is 28.3 Å². The molecule has 0 fully saturated rings. The summed E-state index contributed by atoms with van der Waals surface area (Å²) in [5.41, 5.74) is -0.0507. The number of carbonyl (C=O) groups excluding carboxylic acids is 2. The number of aryl methyl sites for hydroxylation is 1. The van der Waals surface area contributed by atoms with Crippen LogP contribution in [0.2, 0.25) is 5.02 Å². The Morgan fingerprint density at radius 3 is 2.83 bits per heavy atom. The van der Waals surface area contributed by atoms with Crippen LogP contribution in [0.4, 0.5) is 11.4 Å². The summed E-state index contributed by atoms with van der Waals surface area (Å²) in [5, 5.41) is 16.8. The lowest BCUT2D eigenvalue weighted by Gasteiger charge is -2.07. The van der Waals surface area contributed by atoms with Gasteiger partial charge in [-0.25, -0.2) is 0 Å². The molecule has 1 amide bonds. The van der Waals surface area contributed by atoms with Gasteiger partial charge in [-0.1, -0.05) is 16.8 Å². The maximum Gasteiger partial charge on any atom is 0.306 e. The van der Waals surface area contributed by atoms with E-state index < -0.39 is 23.4 Å². The fraction of sp³-hybridized carbons (Fsp3) is 0.176. The molecule has 0 aliphatic heterocycles. The summed E-state index contributed by atoms with van der Waals surface area (Å²) in [6.07, 6.45) is 1.52. The Kier molecular flexibility index (Phi) is 6.19. The maximum absolute atomic E-state index is 11.9. The highest BCUT2D eigenvalue weighted by Gasteiger charge is 2.15. The van der Waals surface area contributed by atoms with E-state index in [1.54, 1.807) is 12.1 Å². The molecule has 2 heterocycles. The third kappa shape index (κ3) is 5.39. The van der Waals surface area contributed by atoms with Gasteiger partial charge >= 0.3 is 5.97 Å². The van der Waals surface area contributed by atoms with Gasteiger partial charge in [0.15, 0.2) is 12.4 Å². The molecule has 2 aromatic heterocycles. The number of amides is 1. The van der Waals surface area contributed by atoms with E-state index >= 15 is 0 Å². The number of nitro benzene ring substituents is 1. The molecule has 150 valence electrons. The number of esters is 1. The van der Waals surface area contributed by atoms with Crippen molar-refractivity contribution in [3.05, 3.63) is 57.6 Å². The van der Waals surface area contributed by atoms with E-state index in [1.807, 2.05) is 0 Å². The summed E-state index contributed by atoms with van der Waals surface area (Å²) >= 11 is 5.88. The number of halogens is 1. The van der Waals surface area contributed by atoms with E-state index in [0.717, 1.165) is 6.07 Å². The second-order valence-electron chi connectivity index (χ2n) is 5.62. The number of nitrogens with one attached hydrogen (secondary N) is 1. The first-order valence-electron chi connectivity index (χ1n) is 8.18. The van der Waals surface area contributed by atoms with E-state index in [9.17, 15) is 19.7 Å². The van der Waals surface area contributed by atoms with Crippen LogP contribution in [0.25, 0.3) is 11.6 Å². The molecule has 0 unspecified atom stereocenters. The van der Waals surface area contributed by atoms with Crippen molar-refractivity contribution in [2.24, 2.45) is 0 Å². The van der Waals surface area contributed by atoms with Gasteiger partial charge in [0.1, 0.15) is 0 Å². The summed E-state index contributed by atoms with van der Waals surface area (Å²) in [6.45, 7) is -0.548. The molecule has 0 radical (unpaired) electrons. The number of nitrogens with zero attached hydrogens (tertiary/aromatic N) is 3. The van der Waals surface area contributed by atoms with Crippen molar-refractivity contribution >= 4 is 34.9 Å². The van der Waals surface area contributed by atoms with Crippen LogP contribution in [-0.4, -0.2) is 33.5 Å². The number of hydrogen-bond acceptors (Lipinski definition) is 9. The number of carbonyl (C=O) groups is 2. The highest BCUT2D eigenvalue weighted by Crippen LogP contribution is 2.26. The molecule has 0 aliphatic carbocycles. The van der Waals surface area contributed by atoms with Gasteiger partial charge < -0.3 is 19.0 Å². The zero-order valence-electron chi connectivity index (χ0n) is 14.7. The SMILES string of the molecule is O=C(COC(=O)CCc1nc(-c2ccco2)no1)Nc1ccc([N+](=O)[O-])cc1Cl. The fourth-order valence-electron chi connectivity index (χ4n) is 2.19. The predicted octanol–water partition coefficient (Wildman–Crippen LogP) is 3.01.